The number of aryl methyl sites for hydroxylation is 1. The number of esters is 1. The molecule has 0 N–H and O–H groups in total. The van der Waals surface area contributed by atoms with E-state index in [1.807, 2.05) is 25.3 Å². The molecule has 2 amide bonds. The lowest BCUT2D eigenvalue weighted by Crippen LogP contribution is -2.48. The molecule has 0 spiro atoms. The Labute approximate surface area is 198 Å². The van der Waals surface area contributed by atoms with Crippen LogP contribution in [0.2, 0.25) is 0 Å². The minimum atomic E-state index is -1.00. The first-order chi connectivity index (χ1) is 15.8. The lowest BCUT2D eigenvalue weighted by molar-refractivity contribution is -0.160. The van der Waals surface area contributed by atoms with Crippen LogP contribution >= 0.6 is 11.8 Å². The molecule has 1 aliphatic heterocycles. The molecular formula is C26H29NO5S. The van der Waals surface area contributed by atoms with Crippen LogP contribution in [0.4, 0.5) is 0 Å². The highest BCUT2D eigenvalue weighted by atomic mass is 32.2. The molecule has 1 saturated heterocycles. The number of hydrogen-bond acceptors (Lipinski definition) is 6. The number of likely N-dealkylation sites (tertiary alicyclic amines) is 1. The quantitative estimate of drug-likeness (QED) is 0.253. The number of amides is 2. The van der Waals surface area contributed by atoms with E-state index >= 15 is 0 Å². The first kappa shape index (κ1) is 22.4. The number of hydrogen-bond donors (Lipinski definition) is 0. The van der Waals surface area contributed by atoms with E-state index in [1.54, 1.807) is 23.9 Å². The van der Waals surface area contributed by atoms with Crippen LogP contribution in [0.15, 0.2) is 36.4 Å². The van der Waals surface area contributed by atoms with E-state index in [2.05, 4.69) is 12.2 Å². The van der Waals surface area contributed by atoms with E-state index in [4.69, 9.17) is 4.74 Å². The average Bonchev–Trinajstić information content (AvgIpc) is 3.59. The van der Waals surface area contributed by atoms with Gasteiger partial charge in [0.15, 0.2) is 6.10 Å². The largest absolute Gasteiger partial charge is 0.453 e. The first-order valence-corrected chi connectivity index (χ1v) is 13.1. The number of Topliss-reactive ketones (excluding diaryl/α,β-unsaturated/α-hetero) is 1. The smallest absolute Gasteiger partial charge is 0.330 e. The standard InChI is InChI=1S/C26H29NO5S/c1-13-4-6-15(7-5-13)23(28)14(2)32-26(31)20(10-11-33-3)27-24(29)21-16-8-9-17(19-12-18(16)19)22(21)25(27)30/h4-9,14,16-22H,10-12H2,1-3H3/t14-,16+,17+,18-,19+,20-,21-,22-/m1/s1. The second-order valence-electron chi connectivity index (χ2n) is 9.81. The van der Waals surface area contributed by atoms with Crippen molar-refractivity contribution in [3.8, 4) is 0 Å². The molecule has 0 unspecified atom stereocenters. The third kappa shape index (κ3) is 3.65. The second kappa shape index (κ2) is 8.42. The van der Waals surface area contributed by atoms with E-state index in [-0.39, 0.29) is 41.3 Å². The Bertz CT molecular complexity index is 998. The van der Waals surface area contributed by atoms with E-state index in [9.17, 15) is 19.2 Å². The molecule has 6 nitrogen and oxygen atoms in total. The van der Waals surface area contributed by atoms with Crippen molar-refractivity contribution in [2.24, 2.45) is 35.5 Å². The van der Waals surface area contributed by atoms with E-state index < -0.39 is 18.1 Å². The van der Waals surface area contributed by atoms with Gasteiger partial charge in [-0.3, -0.25) is 19.3 Å². The van der Waals surface area contributed by atoms with Gasteiger partial charge in [0.25, 0.3) is 0 Å². The summed E-state index contributed by atoms with van der Waals surface area (Å²) in [5, 5.41) is 0. The van der Waals surface area contributed by atoms with E-state index in [0.29, 0.717) is 29.6 Å². The molecule has 2 saturated carbocycles. The molecule has 5 aliphatic rings. The number of imide groups is 1. The number of allylic oxidation sites excluding steroid dienone is 2. The van der Waals surface area contributed by atoms with Crippen molar-refractivity contribution in [2.75, 3.05) is 12.0 Å². The van der Waals surface area contributed by atoms with Gasteiger partial charge in [-0.25, -0.2) is 4.79 Å². The van der Waals surface area contributed by atoms with Crippen LogP contribution in [0.3, 0.4) is 0 Å². The normalized spacial score (nSPS) is 32.9. The molecule has 6 rings (SSSR count). The van der Waals surface area contributed by atoms with Crippen molar-refractivity contribution >= 4 is 35.3 Å². The molecule has 0 aromatic heterocycles. The van der Waals surface area contributed by atoms with Gasteiger partial charge in [-0.15, -0.1) is 0 Å². The van der Waals surface area contributed by atoms with Crippen molar-refractivity contribution in [1.82, 2.24) is 4.90 Å². The van der Waals surface area contributed by atoms with Crippen LogP contribution in [0.25, 0.3) is 0 Å². The lowest BCUT2D eigenvalue weighted by atomic mass is 9.63. The summed E-state index contributed by atoms with van der Waals surface area (Å²) >= 11 is 1.54. The van der Waals surface area contributed by atoms with Gasteiger partial charge in [0.05, 0.1) is 11.8 Å². The van der Waals surface area contributed by atoms with Gasteiger partial charge in [0.2, 0.25) is 17.6 Å². The number of ether oxygens (including phenoxy) is 1. The fourth-order valence-electron chi connectivity index (χ4n) is 6.13. The Balaban J connectivity index is 1.35. The van der Waals surface area contributed by atoms with Crippen LogP contribution in [0, 0.1) is 42.4 Å². The molecule has 1 aromatic rings. The number of nitrogens with zero attached hydrogens (tertiary/aromatic N) is 1. The zero-order chi connectivity index (χ0) is 23.4. The first-order valence-electron chi connectivity index (χ1n) is 11.7. The molecule has 4 aliphatic carbocycles. The molecule has 7 heteroatoms. The zero-order valence-corrected chi connectivity index (χ0v) is 19.9. The number of carbonyl (C=O) groups excluding carboxylic acids is 4. The number of ketones is 1. The fraction of sp³-hybridized carbons (Fsp3) is 0.538. The van der Waals surface area contributed by atoms with Gasteiger partial charge in [0.1, 0.15) is 6.04 Å². The predicted octanol–water partition coefficient (Wildman–Crippen LogP) is 3.28. The Morgan fingerprint density at radius 3 is 2.18 bits per heavy atom. The van der Waals surface area contributed by atoms with Crippen LogP contribution in [-0.2, 0) is 19.1 Å². The van der Waals surface area contributed by atoms with Crippen LogP contribution < -0.4 is 0 Å². The molecule has 174 valence electrons. The minimum Gasteiger partial charge on any atom is -0.453 e. The number of carbonyl (C=O) groups is 4. The van der Waals surface area contributed by atoms with E-state index in [0.717, 1.165) is 12.0 Å². The van der Waals surface area contributed by atoms with Crippen LogP contribution in [-0.4, -0.2) is 52.6 Å². The van der Waals surface area contributed by atoms with Crippen LogP contribution in [0.1, 0.15) is 35.7 Å². The molecule has 33 heavy (non-hydrogen) atoms. The van der Waals surface area contributed by atoms with Gasteiger partial charge in [-0.05, 0) is 62.4 Å². The third-order valence-electron chi connectivity index (χ3n) is 7.87. The lowest BCUT2D eigenvalue weighted by Gasteiger charge is -2.37. The Hall–Kier alpha value is -2.41. The molecule has 0 radical (unpaired) electrons. The zero-order valence-electron chi connectivity index (χ0n) is 19.1. The number of thioether (sulfide) groups is 1. The van der Waals surface area contributed by atoms with Gasteiger partial charge < -0.3 is 4.74 Å². The highest BCUT2D eigenvalue weighted by Gasteiger charge is 2.68. The van der Waals surface area contributed by atoms with Gasteiger partial charge in [-0.2, -0.15) is 11.8 Å². The van der Waals surface area contributed by atoms with Gasteiger partial charge in [0, 0.05) is 5.56 Å². The average molecular weight is 468 g/mol. The van der Waals surface area contributed by atoms with Gasteiger partial charge >= 0.3 is 5.97 Å². The maximum atomic E-state index is 13.5. The maximum Gasteiger partial charge on any atom is 0.330 e. The van der Waals surface area contributed by atoms with E-state index in [1.165, 1.54) is 11.8 Å². The van der Waals surface area contributed by atoms with Crippen molar-refractivity contribution in [2.45, 2.75) is 38.8 Å². The minimum absolute atomic E-state index is 0.103. The van der Waals surface area contributed by atoms with Crippen molar-refractivity contribution < 1.29 is 23.9 Å². The van der Waals surface area contributed by atoms with Crippen molar-refractivity contribution in [3.05, 3.63) is 47.5 Å². The summed E-state index contributed by atoms with van der Waals surface area (Å²) < 4.78 is 5.56. The summed E-state index contributed by atoms with van der Waals surface area (Å²) in [5.74, 6) is -0.363. The summed E-state index contributed by atoms with van der Waals surface area (Å²) in [6, 6.07) is 6.09. The van der Waals surface area contributed by atoms with Crippen LogP contribution in [0.5, 0.6) is 0 Å². The monoisotopic (exact) mass is 467 g/mol. The molecular weight excluding hydrogens is 438 g/mol. The number of rotatable bonds is 8. The highest BCUT2D eigenvalue weighted by molar-refractivity contribution is 7.98. The Kier molecular flexibility index (Phi) is 5.71. The molecule has 1 aromatic carbocycles. The molecule has 3 fully saturated rings. The topological polar surface area (TPSA) is 80.8 Å². The Morgan fingerprint density at radius 1 is 1.06 bits per heavy atom. The molecule has 1 heterocycles. The highest BCUT2D eigenvalue weighted by Crippen LogP contribution is 2.65. The van der Waals surface area contributed by atoms with Crippen molar-refractivity contribution in [1.29, 1.82) is 0 Å². The number of benzene rings is 1. The maximum absolute atomic E-state index is 13.5. The summed E-state index contributed by atoms with van der Waals surface area (Å²) in [4.78, 5) is 54.2. The predicted molar refractivity (Wildman–Crippen MR) is 124 cm³/mol. The SMILES string of the molecule is CSCC[C@H](C(=O)O[C@H](C)C(=O)c1ccc(C)cc1)N1C(=O)[C@@H]2[C@H]3C=C[C@@H]([C@@H]4C[C@H]34)[C@H]2C1=O. The Morgan fingerprint density at radius 2 is 1.64 bits per heavy atom. The third-order valence-corrected chi connectivity index (χ3v) is 8.52. The summed E-state index contributed by atoms with van der Waals surface area (Å²) in [7, 11) is 0. The summed E-state index contributed by atoms with van der Waals surface area (Å²) in [5.41, 5.74) is 1.49. The molecule has 8 atom stereocenters. The van der Waals surface area contributed by atoms with Crippen molar-refractivity contribution in [3.63, 3.8) is 0 Å². The summed E-state index contributed by atoms with van der Waals surface area (Å²) in [6.45, 7) is 3.47. The summed E-state index contributed by atoms with van der Waals surface area (Å²) in [6.07, 6.45) is 6.55. The molecule has 2 bridgehead atoms. The fourth-order valence-corrected chi connectivity index (χ4v) is 6.59. The second-order valence-corrected chi connectivity index (χ2v) is 10.8. The van der Waals surface area contributed by atoms with Gasteiger partial charge in [-0.1, -0.05) is 42.0 Å².